The van der Waals surface area contributed by atoms with Crippen LogP contribution >= 0.6 is 0 Å². The molecule has 0 spiro atoms. The minimum Gasteiger partial charge on any atom is -0.368 e. The molecule has 20 heavy (non-hydrogen) atoms. The zero-order valence-electron chi connectivity index (χ0n) is 11.8. The Bertz CT molecular complexity index is 477. The molecule has 2 bridgehead atoms. The molecule has 4 saturated carbocycles. The minimum absolute atomic E-state index is 0.0493. The van der Waals surface area contributed by atoms with Gasteiger partial charge in [0, 0.05) is 0 Å². The Labute approximate surface area is 120 Å². The van der Waals surface area contributed by atoms with E-state index in [4.69, 9.17) is 5.73 Å². The second-order valence-corrected chi connectivity index (χ2v) is 8.83. The molecule has 4 aliphatic carbocycles. The number of fused-ring (bicyclic) bond motifs is 3. The number of carbonyl (C=O) groups excluding carboxylic acids is 1. The summed E-state index contributed by atoms with van der Waals surface area (Å²) in [5.74, 6) is 0.559. The maximum Gasteiger partial charge on any atom is 0.235 e. The molecule has 1 unspecified atom stereocenters. The molecule has 0 aromatic carbocycles. The van der Waals surface area contributed by atoms with E-state index in [2.05, 4.69) is 4.72 Å². The van der Waals surface area contributed by atoms with Crippen molar-refractivity contribution in [2.45, 2.75) is 57.4 Å². The minimum atomic E-state index is -3.43. The first kappa shape index (κ1) is 14.3. The van der Waals surface area contributed by atoms with Crippen LogP contribution in [0.1, 0.15) is 51.4 Å². The molecule has 3 N–H and O–H groups in total. The van der Waals surface area contributed by atoms with Gasteiger partial charge < -0.3 is 5.73 Å². The number of nitrogens with one attached hydrogen (secondary N) is 1. The molecule has 114 valence electrons. The lowest BCUT2D eigenvalue weighted by Crippen LogP contribution is -2.50. The molecule has 4 rings (SSSR count). The van der Waals surface area contributed by atoms with Gasteiger partial charge in [0.05, 0.1) is 5.75 Å². The van der Waals surface area contributed by atoms with E-state index in [1.165, 1.54) is 0 Å². The molecule has 4 aliphatic rings. The lowest BCUT2D eigenvalue weighted by atomic mass is 9.62. The smallest absolute Gasteiger partial charge is 0.235 e. The summed E-state index contributed by atoms with van der Waals surface area (Å²) in [7, 11) is -3.43. The van der Waals surface area contributed by atoms with Crippen LogP contribution in [0.15, 0.2) is 0 Å². The predicted molar refractivity (Wildman–Crippen MR) is 76.3 cm³/mol. The third kappa shape index (κ3) is 3.01. The molecule has 1 amide bonds. The predicted octanol–water partition coefficient (Wildman–Crippen LogP) is 1.14. The van der Waals surface area contributed by atoms with E-state index in [0.29, 0.717) is 0 Å². The second kappa shape index (κ2) is 4.98. The molecule has 6 heteroatoms. The van der Waals surface area contributed by atoms with E-state index >= 15 is 0 Å². The van der Waals surface area contributed by atoms with Crippen molar-refractivity contribution in [2.24, 2.45) is 23.0 Å². The topological polar surface area (TPSA) is 89.3 Å². The van der Waals surface area contributed by atoms with Gasteiger partial charge in [-0.05, 0) is 68.6 Å². The van der Waals surface area contributed by atoms with Gasteiger partial charge >= 0.3 is 0 Å². The highest BCUT2D eigenvalue weighted by atomic mass is 32.2. The second-order valence-electron chi connectivity index (χ2n) is 7.08. The number of nitrogens with two attached hydrogens (primary N) is 1. The number of rotatable bonds is 6. The van der Waals surface area contributed by atoms with Crippen molar-refractivity contribution in [3.63, 3.8) is 0 Å². The lowest BCUT2D eigenvalue weighted by Gasteiger charge is -2.46. The molecule has 0 aliphatic heterocycles. The van der Waals surface area contributed by atoms with Crippen molar-refractivity contribution in [3.05, 3.63) is 0 Å². The van der Waals surface area contributed by atoms with Gasteiger partial charge in [0.1, 0.15) is 6.04 Å². The highest BCUT2D eigenvalue weighted by molar-refractivity contribution is 7.89. The van der Waals surface area contributed by atoms with Crippen LogP contribution in [0.3, 0.4) is 0 Å². The summed E-state index contributed by atoms with van der Waals surface area (Å²) in [5.41, 5.74) is 5.28. The van der Waals surface area contributed by atoms with Crippen LogP contribution in [0.2, 0.25) is 0 Å². The third-order valence-electron chi connectivity index (χ3n) is 5.45. The van der Waals surface area contributed by atoms with Crippen LogP contribution < -0.4 is 10.5 Å². The summed E-state index contributed by atoms with van der Waals surface area (Å²) in [6.07, 6.45) is 8.33. The van der Waals surface area contributed by atoms with E-state index in [0.717, 1.165) is 57.3 Å². The largest absolute Gasteiger partial charge is 0.368 e. The Morgan fingerprint density at radius 3 is 2.15 bits per heavy atom. The van der Waals surface area contributed by atoms with Gasteiger partial charge in [-0.1, -0.05) is 0 Å². The maximum absolute atomic E-state index is 12.4. The fraction of sp³-hybridized carbons (Fsp3) is 0.929. The van der Waals surface area contributed by atoms with Gasteiger partial charge in [-0.2, -0.15) is 0 Å². The first-order valence-electron chi connectivity index (χ1n) is 7.69. The first-order valence-corrected chi connectivity index (χ1v) is 9.34. The van der Waals surface area contributed by atoms with Crippen molar-refractivity contribution in [3.8, 4) is 0 Å². The van der Waals surface area contributed by atoms with Crippen LogP contribution in [-0.2, 0) is 14.8 Å². The fourth-order valence-electron chi connectivity index (χ4n) is 4.01. The molecular weight excluding hydrogens is 276 g/mol. The van der Waals surface area contributed by atoms with Gasteiger partial charge in [-0.15, -0.1) is 0 Å². The van der Waals surface area contributed by atoms with E-state index < -0.39 is 22.0 Å². The van der Waals surface area contributed by atoms with E-state index in [1.54, 1.807) is 0 Å². The van der Waals surface area contributed by atoms with Crippen LogP contribution in [0.4, 0.5) is 0 Å². The highest BCUT2D eigenvalue weighted by Crippen LogP contribution is 2.50. The molecule has 4 fully saturated rings. The molecule has 0 aromatic heterocycles. The average molecular weight is 300 g/mol. The summed E-state index contributed by atoms with van der Waals surface area (Å²) in [6.45, 7) is 0. The summed E-state index contributed by atoms with van der Waals surface area (Å²) >= 11 is 0. The quantitative estimate of drug-likeness (QED) is 0.771. The van der Waals surface area contributed by atoms with Gasteiger partial charge in [0.25, 0.3) is 0 Å². The van der Waals surface area contributed by atoms with Crippen LogP contribution in [0.25, 0.3) is 0 Å². The van der Waals surface area contributed by atoms with Gasteiger partial charge in [-0.25, -0.2) is 13.1 Å². The SMILES string of the molecule is NC(=O)C(NS(=O)(=O)CC12CCC(CC1)CC2)C1CC1. The summed E-state index contributed by atoms with van der Waals surface area (Å²) in [5, 5.41) is 0. The first-order chi connectivity index (χ1) is 9.39. The van der Waals surface area contributed by atoms with Gasteiger partial charge in [0.15, 0.2) is 0 Å². The molecule has 0 radical (unpaired) electrons. The molecule has 0 aromatic rings. The van der Waals surface area contributed by atoms with Crippen molar-refractivity contribution in [1.82, 2.24) is 4.72 Å². The number of hydrogen-bond acceptors (Lipinski definition) is 3. The Hall–Kier alpha value is -0.620. The van der Waals surface area contributed by atoms with E-state index in [9.17, 15) is 13.2 Å². The Balaban J connectivity index is 1.67. The van der Waals surface area contributed by atoms with Crippen LogP contribution in [0.5, 0.6) is 0 Å². The van der Waals surface area contributed by atoms with Crippen molar-refractivity contribution >= 4 is 15.9 Å². The van der Waals surface area contributed by atoms with Crippen LogP contribution in [-0.4, -0.2) is 26.1 Å². The fourth-order valence-corrected chi connectivity index (χ4v) is 6.03. The average Bonchev–Trinajstić information content (AvgIpc) is 3.21. The summed E-state index contributed by atoms with van der Waals surface area (Å²) in [4.78, 5) is 11.4. The molecule has 5 nitrogen and oxygen atoms in total. The number of primary amides is 1. The van der Waals surface area contributed by atoms with Gasteiger partial charge in [0.2, 0.25) is 15.9 Å². The maximum atomic E-state index is 12.4. The Morgan fingerprint density at radius 1 is 1.15 bits per heavy atom. The number of hydrogen-bond donors (Lipinski definition) is 2. The molecule has 0 saturated heterocycles. The number of carbonyl (C=O) groups is 1. The molecular formula is C14H24N2O3S. The molecule has 1 atom stereocenters. The molecule has 0 heterocycles. The van der Waals surface area contributed by atoms with Crippen molar-refractivity contribution in [2.75, 3.05) is 5.75 Å². The number of amides is 1. The Kier molecular flexibility index (Phi) is 3.57. The Morgan fingerprint density at radius 2 is 1.70 bits per heavy atom. The number of sulfonamides is 1. The highest BCUT2D eigenvalue weighted by Gasteiger charge is 2.45. The zero-order chi connectivity index (χ0) is 14.4. The van der Waals surface area contributed by atoms with Crippen molar-refractivity contribution < 1.29 is 13.2 Å². The monoisotopic (exact) mass is 300 g/mol. The van der Waals surface area contributed by atoms with Crippen LogP contribution in [0, 0.1) is 17.3 Å². The van der Waals surface area contributed by atoms with E-state index in [1.807, 2.05) is 0 Å². The third-order valence-corrected chi connectivity index (χ3v) is 7.06. The zero-order valence-corrected chi connectivity index (χ0v) is 12.6. The van der Waals surface area contributed by atoms with Gasteiger partial charge in [-0.3, -0.25) is 4.79 Å². The summed E-state index contributed by atoms with van der Waals surface area (Å²) in [6, 6.07) is -0.698. The van der Waals surface area contributed by atoms with E-state index in [-0.39, 0.29) is 17.1 Å². The van der Waals surface area contributed by atoms with Crippen molar-refractivity contribution in [1.29, 1.82) is 0 Å². The summed E-state index contributed by atoms with van der Waals surface area (Å²) < 4.78 is 27.4. The standard InChI is InChI=1S/C14H24N2O3S/c15-13(17)12(11-1-2-11)16-20(18,19)9-14-6-3-10(4-7-14)5-8-14/h10-12,16H,1-9H2,(H2,15,17). The lowest BCUT2D eigenvalue weighted by molar-refractivity contribution is -0.120. The normalized spacial score (nSPS) is 34.9.